The number of rotatable bonds is 7. The molecule has 0 fully saturated rings. The number of fused-ring (bicyclic) bond motifs is 1. The molecule has 0 aliphatic heterocycles. The Kier molecular flexibility index (Phi) is 4.69. The smallest absolute Gasteiger partial charge is 0.209 e. The van der Waals surface area contributed by atoms with Crippen LogP contribution in [0.15, 0.2) is 22.6 Å². The van der Waals surface area contributed by atoms with Crippen LogP contribution in [0, 0.1) is 5.82 Å². The Morgan fingerprint density at radius 3 is 3.00 bits per heavy atom. The van der Waals surface area contributed by atoms with Gasteiger partial charge in [-0.3, -0.25) is 0 Å². The van der Waals surface area contributed by atoms with Gasteiger partial charge in [-0.2, -0.15) is 0 Å². The van der Waals surface area contributed by atoms with Crippen LogP contribution in [0.3, 0.4) is 0 Å². The summed E-state index contributed by atoms with van der Waals surface area (Å²) >= 11 is 0. The van der Waals surface area contributed by atoms with Crippen molar-refractivity contribution in [3.05, 3.63) is 29.9 Å². The summed E-state index contributed by atoms with van der Waals surface area (Å²) in [6, 6.07) is 4.25. The second-order valence-electron chi connectivity index (χ2n) is 5.04. The summed E-state index contributed by atoms with van der Waals surface area (Å²) in [4.78, 5) is 4.28. The van der Waals surface area contributed by atoms with E-state index < -0.39 is 0 Å². The molecule has 0 aliphatic rings. The van der Waals surface area contributed by atoms with Crippen LogP contribution in [0.25, 0.3) is 11.1 Å². The molecule has 0 saturated carbocycles. The highest BCUT2D eigenvalue weighted by Gasteiger charge is 2.23. The predicted octanol–water partition coefficient (Wildman–Crippen LogP) is 1.84. The highest BCUT2D eigenvalue weighted by Crippen LogP contribution is 2.18. The number of methoxy groups -OCH3 is 1. The van der Waals surface area contributed by atoms with E-state index in [0.29, 0.717) is 36.6 Å². The van der Waals surface area contributed by atoms with Crippen LogP contribution < -0.4 is 5.32 Å². The maximum absolute atomic E-state index is 13.1. The zero-order chi connectivity index (χ0) is 14.6. The lowest BCUT2D eigenvalue weighted by molar-refractivity contribution is 0.0954. The van der Waals surface area contributed by atoms with E-state index in [4.69, 9.17) is 14.3 Å². The molecule has 0 spiro atoms. The van der Waals surface area contributed by atoms with Crippen LogP contribution in [0.4, 0.5) is 4.39 Å². The molecule has 110 valence electrons. The first-order chi connectivity index (χ1) is 9.56. The van der Waals surface area contributed by atoms with E-state index in [-0.39, 0.29) is 18.0 Å². The van der Waals surface area contributed by atoms with Gasteiger partial charge in [0.1, 0.15) is 11.3 Å². The monoisotopic (exact) mass is 282 g/mol. The van der Waals surface area contributed by atoms with E-state index in [2.05, 4.69) is 10.3 Å². The number of nitrogens with one attached hydrogen (secondary N) is 1. The van der Waals surface area contributed by atoms with E-state index in [0.717, 1.165) is 0 Å². The third-order valence-electron chi connectivity index (χ3n) is 3.19. The number of nitrogens with zero attached hydrogens (tertiary/aromatic N) is 1. The lowest BCUT2D eigenvalue weighted by atomic mass is 9.99. The van der Waals surface area contributed by atoms with E-state index >= 15 is 0 Å². The van der Waals surface area contributed by atoms with Crippen molar-refractivity contribution >= 4 is 11.1 Å². The van der Waals surface area contributed by atoms with Gasteiger partial charge in [-0.1, -0.05) is 0 Å². The molecule has 2 aromatic rings. The lowest BCUT2D eigenvalue weighted by Crippen LogP contribution is -2.46. The second kappa shape index (κ2) is 6.30. The maximum Gasteiger partial charge on any atom is 0.209 e. The second-order valence-corrected chi connectivity index (χ2v) is 5.04. The third kappa shape index (κ3) is 3.53. The minimum absolute atomic E-state index is 0.0611. The zero-order valence-corrected chi connectivity index (χ0v) is 11.6. The quantitative estimate of drug-likeness (QED) is 0.811. The van der Waals surface area contributed by atoms with Gasteiger partial charge >= 0.3 is 0 Å². The van der Waals surface area contributed by atoms with Crippen molar-refractivity contribution in [2.45, 2.75) is 25.4 Å². The van der Waals surface area contributed by atoms with E-state index in [9.17, 15) is 4.39 Å². The van der Waals surface area contributed by atoms with Gasteiger partial charge in [-0.05, 0) is 25.5 Å². The zero-order valence-electron chi connectivity index (χ0n) is 11.6. The van der Waals surface area contributed by atoms with E-state index in [1.54, 1.807) is 13.2 Å². The number of hydrogen-bond acceptors (Lipinski definition) is 5. The fourth-order valence-electron chi connectivity index (χ4n) is 2.09. The molecule has 20 heavy (non-hydrogen) atoms. The minimum Gasteiger partial charge on any atom is -0.439 e. The molecular weight excluding hydrogens is 263 g/mol. The summed E-state index contributed by atoms with van der Waals surface area (Å²) in [5, 5.41) is 12.3. The van der Waals surface area contributed by atoms with Crippen LogP contribution in [-0.2, 0) is 11.3 Å². The fourth-order valence-corrected chi connectivity index (χ4v) is 2.09. The minimum atomic E-state index is -0.366. The maximum atomic E-state index is 13.1. The lowest BCUT2D eigenvalue weighted by Gasteiger charge is -2.28. The molecule has 0 radical (unpaired) electrons. The highest BCUT2D eigenvalue weighted by atomic mass is 19.1. The number of benzene rings is 1. The molecule has 1 aromatic heterocycles. The first-order valence-electron chi connectivity index (χ1n) is 6.46. The molecule has 0 aliphatic carbocycles. The number of hydrogen-bond donors (Lipinski definition) is 2. The summed E-state index contributed by atoms with van der Waals surface area (Å²) in [6.45, 7) is 2.86. The van der Waals surface area contributed by atoms with Crippen molar-refractivity contribution < 1.29 is 18.7 Å². The fraction of sp³-hybridized carbons (Fsp3) is 0.500. The summed E-state index contributed by atoms with van der Waals surface area (Å²) in [6.07, 6.45) is 0.551. The molecular formula is C14H19FN2O3. The van der Waals surface area contributed by atoms with E-state index in [1.807, 2.05) is 6.92 Å². The van der Waals surface area contributed by atoms with Gasteiger partial charge in [-0.15, -0.1) is 0 Å². The van der Waals surface area contributed by atoms with Crippen molar-refractivity contribution in [3.8, 4) is 0 Å². The topological polar surface area (TPSA) is 67.5 Å². The van der Waals surface area contributed by atoms with E-state index in [1.165, 1.54) is 12.1 Å². The molecule has 6 heteroatoms. The Morgan fingerprint density at radius 2 is 2.30 bits per heavy atom. The average molecular weight is 282 g/mol. The van der Waals surface area contributed by atoms with Gasteiger partial charge in [0.25, 0.3) is 0 Å². The number of aliphatic hydroxyl groups excluding tert-OH is 1. The predicted molar refractivity (Wildman–Crippen MR) is 72.8 cm³/mol. The molecule has 2 N–H and O–H groups in total. The number of ether oxygens (including phenoxy) is 1. The Morgan fingerprint density at radius 1 is 1.50 bits per heavy atom. The largest absolute Gasteiger partial charge is 0.439 e. The Bertz CT molecular complexity index is 565. The third-order valence-corrected chi connectivity index (χ3v) is 3.19. The molecule has 0 bridgehead atoms. The SMILES string of the molecule is COCC(C)(CCO)NCc1nc2ccc(F)cc2o1. The van der Waals surface area contributed by atoms with Crippen LogP contribution in [0.5, 0.6) is 0 Å². The summed E-state index contributed by atoms with van der Waals surface area (Å²) in [5.41, 5.74) is 0.686. The van der Waals surface area contributed by atoms with Crippen LogP contribution in [0.2, 0.25) is 0 Å². The Labute approximate surface area is 116 Å². The number of aromatic nitrogens is 1. The number of oxazole rings is 1. The molecule has 0 amide bonds. The molecule has 1 atom stereocenters. The standard InChI is InChI=1S/C14H19FN2O3/c1-14(5-6-18,9-19-2)16-8-13-17-11-4-3-10(15)7-12(11)20-13/h3-4,7,16,18H,5-6,8-9H2,1-2H3. The van der Waals surface area contributed by atoms with Gasteiger partial charge in [0.15, 0.2) is 5.58 Å². The van der Waals surface area contributed by atoms with Gasteiger partial charge in [-0.25, -0.2) is 9.37 Å². The highest BCUT2D eigenvalue weighted by molar-refractivity contribution is 5.72. The first-order valence-corrected chi connectivity index (χ1v) is 6.46. The van der Waals surface area contributed by atoms with Crippen LogP contribution in [0.1, 0.15) is 19.2 Å². The van der Waals surface area contributed by atoms with Crippen molar-refractivity contribution in [3.63, 3.8) is 0 Å². The normalized spacial score (nSPS) is 14.6. The van der Waals surface area contributed by atoms with Crippen molar-refractivity contribution in [1.82, 2.24) is 10.3 Å². The Hall–Kier alpha value is -1.50. The first kappa shape index (κ1) is 14.9. The summed E-state index contributed by atoms with van der Waals surface area (Å²) in [7, 11) is 1.61. The molecule has 1 heterocycles. The van der Waals surface area contributed by atoms with Gasteiger partial charge < -0.3 is 19.6 Å². The number of aliphatic hydroxyl groups is 1. The van der Waals surface area contributed by atoms with Crippen LogP contribution >= 0.6 is 0 Å². The molecule has 1 unspecified atom stereocenters. The van der Waals surface area contributed by atoms with Crippen LogP contribution in [-0.4, -0.2) is 36.0 Å². The summed E-state index contributed by atoms with van der Waals surface area (Å²) < 4.78 is 23.7. The van der Waals surface area contributed by atoms with Crippen molar-refractivity contribution in [2.75, 3.05) is 20.3 Å². The number of halogens is 1. The molecule has 5 nitrogen and oxygen atoms in total. The van der Waals surface area contributed by atoms with Gasteiger partial charge in [0.05, 0.1) is 13.2 Å². The Balaban J connectivity index is 2.07. The summed E-state index contributed by atoms with van der Waals surface area (Å²) in [5.74, 6) is 0.128. The van der Waals surface area contributed by atoms with Crippen molar-refractivity contribution in [1.29, 1.82) is 0 Å². The molecule has 1 aromatic carbocycles. The molecule has 2 rings (SSSR count). The van der Waals surface area contributed by atoms with Gasteiger partial charge in [0.2, 0.25) is 5.89 Å². The average Bonchev–Trinajstić information content (AvgIpc) is 2.79. The molecule has 0 saturated heterocycles. The van der Waals surface area contributed by atoms with Gasteiger partial charge in [0, 0.05) is 25.3 Å². The van der Waals surface area contributed by atoms with Crippen molar-refractivity contribution in [2.24, 2.45) is 0 Å².